The molecular weight excluding hydrogens is 204 g/mol. The van der Waals surface area contributed by atoms with Crippen LogP contribution in [-0.2, 0) is 4.74 Å². The highest BCUT2D eigenvalue weighted by molar-refractivity contribution is 6.02. The average Bonchev–Trinajstić information content (AvgIpc) is 2.29. The molecule has 0 unspecified atom stereocenters. The summed E-state index contributed by atoms with van der Waals surface area (Å²) >= 11 is 0. The first-order valence-corrected chi connectivity index (χ1v) is 5.34. The Morgan fingerprint density at radius 1 is 1.25 bits per heavy atom. The van der Waals surface area contributed by atoms with Crippen LogP contribution in [0.1, 0.15) is 31.1 Å². The van der Waals surface area contributed by atoms with E-state index in [-0.39, 0.29) is 5.78 Å². The van der Waals surface area contributed by atoms with Gasteiger partial charge in [-0.15, -0.1) is 0 Å². The monoisotopic (exact) mass is 222 g/mol. The fraction of sp³-hybridized carbons (Fsp3) is 0.462. The quantitative estimate of drug-likeness (QED) is 0.718. The van der Waals surface area contributed by atoms with Crippen LogP contribution in [0.2, 0.25) is 0 Å². The van der Waals surface area contributed by atoms with Crippen molar-refractivity contribution in [3.8, 4) is 5.75 Å². The Kier molecular flexibility index (Phi) is 4.07. The van der Waals surface area contributed by atoms with Crippen LogP contribution in [0.5, 0.6) is 5.75 Å². The van der Waals surface area contributed by atoms with E-state index < -0.39 is 5.60 Å². The van der Waals surface area contributed by atoms with E-state index in [0.717, 1.165) is 5.75 Å². The van der Waals surface area contributed by atoms with Gasteiger partial charge in [0.05, 0.1) is 6.61 Å². The van der Waals surface area contributed by atoms with E-state index in [0.29, 0.717) is 12.2 Å². The minimum Gasteiger partial charge on any atom is -0.494 e. The summed E-state index contributed by atoms with van der Waals surface area (Å²) in [5.74, 6) is 0.743. The zero-order valence-corrected chi connectivity index (χ0v) is 10.2. The Morgan fingerprint density at radius 3 is 2.25 bits per heavy atom. The second kappa shape index (κ2) is 5.12. The maximum absolute atomic E-state index is 12.0. The van der Waals surface area contributed by atoms with Gasteiger partial charge in [-0.3, -0.25) is 4.79 Å². The average molecular weight is 222 g/mol. The molecule has 0 amide bonds. The summed E-state index contributed by atoms with van der Waals surface area (Å²) in [5.41, 5.74) is -0.150. The van der Waals surface area contributed by atoms with Gasteiger partial charge in [0.25, 0.3) is 0 Å². The van der Waals surface area contributed by atoms with E-state index in [1.807, 2.05) is 6.92 Å². The van der Waals surface area contributed by atoms with Crippen LogP contribution in [0.15, 0.2) is 24.3 Å². The molecule has 88 valence electrons. The number of carbonyl (C=O) groups is 1. The van der Waals surface area contributed by atoms with Gasteiger partial charge >= 0.3 is 0 Å². The maximum Gasteiger partial charge on any atom is 0.194 e. The van der Waals surface area contributed by atoms with E-state index in [1.165, 1.54) is 7.11 Å². The van der Waals surface area contributed by atoms with Gasteiger partial charge < -0.3 is 9.47 Å². The second-order valence-corrected chi connectivity index (χ2v) is 4.00. The van der Waals surface area contributed by atoms with Crippen molar-refractivity contribution in [2.24, 2.45) is 0 Å². The van der Waals surface area contributed by atoms with E-state index in [1.54, 1.807) is 38.1 Å². The SMILES string of the molecule is CCOc1ccc(C(=O)C(C)(C)OC)cc1. The number of rotatable bonds is 5. The lowest BCUT2D eigenvalue weighted by atomic mass is 9.96. The van der Waals surface area contributed by atoms with E-state index in [9.17, 15) is 4.79 Å². The molecule has 1 aromatic rings. The molecule has 16 heavy (non-hydrogen) atoms. The normalized spacial score (nSPS) is 11.2. The van der Waals surface area contributed by atoms with Crippen molar-refractivity contribution < 1.29 is 14.3 Å². The topological polar surface area (TPSA) is 35.5 Å². The zero-order valence-electron chi connectivity index (χ0n) is 10.2. The van der Waals surface area contributed by atoms with Gasteiger partial charge in [-0.05, 0) is 45.0 Å². The minimum absolute atomic E-state index is 0.0296. The van der Waals surface area contributed by atoms with Crippen LogP contribution >= 0.6 is 0 Å². The number of ketones is 1. The van der Waals surface area contributed by atoms with Gasteiger partial charge in [0, 0.05) is 12.7 Å². The molecule has 0 aliphatic carbocycles. The van der Waals surface area contributed by atoms with Crippen molar-refractivity contribution in [1.29, 1.82) is 0 Å². The third kappa shape index (κ3) is 2.83. The molecule has 0 saturated carbocycles. The molecule has 0 aliphatic heterocycles. The molecule has 0 heterocycles. The standard InChI is InChI=1S/C13H18O3/c1-5-16-11-8-6-10(7-9-11)12(14)13(2,3)15-4/h6-9H,5H2,1-4H3. The number of benzene rings is 1. The van der Waals surface area contributed by atoms with E-state index in [4.69, 9.17) is 9.47 Å². The van der Waals surface area contributed by atoms with Crippen LogP contribution in [0.25, 0.3) is 0 Å². The van der Waals surface area contributed by atoms with Gasteiger partial charge in [0.2, 0.25) is 0 Å². The predicted octanol–water partition coefficient (Wildman–Crippen LogP) is 2.69. The van der Waals surface area contributed by atoms with E-state index >= 15 is 0 Å². The fourth-order valence-electron chi connectivity index (χ4n) is 1.31. The van der Waals surface area contributed by atoms with Crippen molar-refractivity contribution in [2.75, 3.05) is 13.7 Å². The summed E-state index contributed by atoms with van der Waals surface area (Å²) in [6, 6.07) is 7.10. The minimum atomic E-state index is -0.785. The fourth-order valence-corrected chi connectivity index (χ4v) is 1.31. The molecule has 0 N–H and O–H groups in total. The third-order valence-electron chi connectivity index (χ3n) is 2.48. The number of carbonyl (C=O) groups excluding carboxylic acids is 1. The molecule has 0 atom stereocenters. The Morgan fingerprint density at radius 2 is 1.81 bits per heavy atom. The highest BCUT2D eigenvalue weighted by Gasteiger charge is 2.27. The smallest absolute Gasteiger partial charge is 0.194 e. The Hall–Kier alpha value is -1.35. The van der Waals surface area contributed by atoms with Crippen LogP contribution in [0.3, 0.4) is 0 Å². The Balaban J connectivity index is 2.86. The van der Waals surface area contributed by atoms with Crippen molar-refractivity contribution >= 4 is 5.78 Å². The molecule has 0 aliphatic rings. The number of ether oxygens (including phenoxy) is 2. The molecule has 0 radical (unpaired) electrons. The van der Waals surface area contributed by atoms with Gasteiger partial charge in [-0.25, -0.2) is 0 Å². The van der Waals surface area contributed by atoms with Crippen molar-refractivity contribution in [3.63, 3.8) is 0 Å². The maximum atomic E-state index is 12.0. The summed E-state index contributed by atoms with van der Waals surface area (Å²) in [6.07, 6.45) is 0. The van der Waals surface area contributed by atoms with Crippen molar-refractivity contribution in [2.45, 2.75) is 26.4 Å². The summed E-state index contributed by atoms with van der Waals surface area (Å²) in [6.45, 7) is 6.06. The van der Waals surface area contributed by atoms with Crippen molar-refractivity contribution in [1.82, 2.24) is 0 Å². The number of Topliss-reactive ketones (excluding diaryl/α,β-unsaturated/α-hetero) is 1. The summed E-state index contributed by atoms with van der Waals surface area (Å²) in [4.78, 5) is 12.0. The zero-order chi connectivity index (χ0) is 12.2. The summed E-state index contributed by atoms with van der Waals surface area (Å²) < 4.78 is 10.5. The summed E-state index contributed by atoms with van der Waals surface area (Å²) in [5, 5.41) is 0. The van der Waals surface area contributed by atoms with Crippen molar-refractivity contribution in [3.05, 3.63) is 29.8 Å². The molecule has 0 spiro atoms. The molecule has 0 aromatic heterocycles. The Labute approximate surface area is 96.4 Å². The van der Waals surface area contributed by atoms with Crippen LogP contribution < -0.4 is 4.74 Å². The van der Waals surface area contributed by atoms with Gasteiger partial charge in [0.15, 0.2) is 5.78 Å². The number of hydrogen-bond acceptors (Lipinski definition) is 3. The largest absolute Gasteiger partial charge is 0.494 e. The summed E-state index contributed by atoms with van der Waals surface area (Å²) in [7, 11) is 1.53. The molecule has 0 fully saturated rings. The highest BCUT2D eigenvalue weighted by atomic mass is 16.5. The number of methoxy groups -OCH3 is 1. The predicted molar refractivity (Wildman–Crippen MR) is 63.0 cm³/mol. The van der Waals surface area contributed by atoms with E-state index in [2.05, 4.69) is 0 Å². The lowest BCUT2D eigenvalue weighted by Crippen LogP contribution is -2.33. The van der Waals surface area contributed by atoms with Gasteiger partial charge in [0.1, 0.15) is 11.4 Å². The van der Waals surface area contributed by atoms with Crippen LogP contribution in [-0.4, -0.2) is 25.1 Å². The number of hydrogen-bond donors (Lipinski definition) is 0. The molecule has 1 aromatic carbocycles. The Bertz CT molecular complexity index is 352. The molecule has 3 heteroatoms. The first-order valence-electron chi connectivity index (χ1n) is 5.34. The molecule has 0 bridgehead atoms. The first-order chi connectivity index (χ1) is 7.51. The highest BCUT2D eigenvalue weighted by Crippen LogP contribution is 2.19. The van der Waals surface area contributed by atoms with Gasteiger partial charge in [-0.2, -0.15) is 0 Å². The molecule has 3 nitrogen and oxygen atoms in total. The molecule has 1 rings (SSSR count). The van der Waals surface area contributed by atoms with Crippen LogP contribution in [0.4, 0.5) is 0 Å². The lowest BCUT2D eigenvalue weighted by molar-refractivity contribution is 0.0228. The lowest BCUT2D eigenvalue weighted by Gasteiger charge is -2.21. The third-order valence-corrected chi connectivity index (χ3v) is 2.48. The second-order valence-electron chi connectivity index (χ2n) is 4.00. The van der Waals surface area contributed by atoms with Gasteiger partial charge in [-0.1, -0.05) is 0 Å². The molecular formula is C13H18O3. The van der Waals surface area contributed by atoms with Crippen LogP contribution in [0, 0.1) is 0 Å². The molecule has 0 saturated heterocycles. The first kappa shape index (κ1) is 12.7.